The molecular formula is C29H35N9O. The largest absolute Gasteiger partial charge is 0.384 e. The minimum atomic E-state index is -0.590. The minimum absolute atomic E-state index is 0.209. The van der Waals surface area contributed by atoms with Crippen LogP contribution in [0.1, 0.15) is 48.2 Å². The van der Waals surface area contributed by atoms with E-state index in [1.54, 1.807) is 17.1 Å². The fraction of sp³-hybridized carbons (Fsp3) is 0.345. The van der Waals surface area contributed by atoms with Crippen molar-refractivity contribution in [2.75, 3.05) is 36.8 Å². The van der Waals surface area contributed by atoms with Gasteiger partial charge in [-0.25, -0.2) is 14.6 Å². The summed E-state index contributed by atoms with van der Waals surface area (Å²) < 4.78 is 1.69. The molecule has 10 heteroatoms. The molecule has 1 saturated heterocycles. The van der Waals surface area contributed by atoms with Crippen molar-refractivity contribution >= 4 is 17.3 Å². The van der Waals surface area contributed by atoms with Gasteiger partial charge in [0.1, 0.15) is 12.0 Å². The molecule has 0 unspecified atom stereocenters. The molecule has 5 rings (SSSR count). The molecule has 0 radical (unpaired) electrons. The number of hydrogen-bond donors (Lipinski definition) is 3. The number of nitrogens with zero attached hydrogens (tertiary/aromatic N) is 6. The van der Waals surface area contributed by atoms with Gasteiger partial charge < -0.3 is 21.3 Å². The average Bonchev–Trinajstić information content (AvgIpc) is 3.62. The second kappa shape index (κ2) is 11.3. The molecule has 4 aromatic rings. The van der Waals surface area contributed by atoms with E-state index in [4.69, 9.17) is 5.73 Å². The summed E-state index contributed by atoms with van der Waals surface area (Å²) in [5.41, 5.74) is 12.1. The molecule has 10 nitrogen and oxygen atoms in total. The number of rotatable bonds is 9. The van der Waals surface area contributed by atoms with Gasteiger partial charge in [0.15, 0.2) is 0 Å². The maximum atomic E-state index is 13.4. The highest BCUT2D eigenvalue weighted by molar-refractivity contribution is 6.05. The highest BCUT2D eigenvalue weighted by Crippen LogP contribution is 2.25. The molecular weight excluding hydrogens is 490 g/mol. The first kappa shape index (κ1) is 26.5. The fourth-order valence-electron chi connectivity index (χ4n) is 4.68. The monoisotopic (exact) mass is 525 g/mol. The SMILES string of the molecule is Cc1ccc(NC(=O)c2cc(NCCN3CCCC3)cc(C(C)(C)N)c2)cc1-n1cc(-c2cncnc2)nn1. The summed E-state index contributed by atoms with van der Waals surface area (Å²) in [5.74, 6) is -0.209. The molecule has 39 heavy (non-hydrogen) atoms. The molecule has 2 aromatic heterocycles. The summed E-state index contributed by atoms with van der Waals surface area (Å²) >= 11 is 0. The standard InChI is InChI=1S/C29H35N9O/c1-20-6-7-24(15-27(20)38-18-26(35-36-38)22-16-31-19-32-17-22)34-28(39)21-12-23(29(2,3)30)14-25(13-21)33-8-11-37-9-4-5-10-37/h6-7,12-19,33H,4-5,8-11,30H2,1-3H3,(H,34,39). The number of nitrogens with one attached hydrogen (secondary N) is 2. The topological polar surface area (TPSA) is 127 Å². The van der Waals surface area contributed by atoms with Gasteiger partial charge in [0, 0.05) is 53.5 Å². The predicted octanol–water partition coefficient (Wildman–Crippen LogP) is 3.99. The number of nitrogens with two attached hydrogens (primary N) is 1. The number of anilines is 2. The van der Waals surface area contributed by atoms with Crippen molar-refractivity contribution in [3.8, 4) is 16.9 Å². The molecule has 2 aromatic carbocycles. The van der Waals surface area contributed by atoms with E-state index >= 15 is 0 Å². The quantitative estimate of drug-likeness (QED) is 0.299. The van der Waals surface area contributed by atoms with Crippen molar-refractivity contribution in [1.82, 2.24) is 29.9 Å². The summed E-state index contributed by atoms with van der Waals surface area (Å²) in [6, 6.07) is 11.5. The maximum Gasteiger partial charge on any atom is 0.255 e. The van der Waals surface area contributed by atoms with E-state index in [2.05, 4.69) is 35.8 Å². The third-order valence-corrected chi connectivity index (χ3v) is 6.96. The van der Waals surface area contributed by atoms with Crippen LogP contribution in [-0.4, -0.2) is 61.9 Å². The lowest BCUT2D eigenvalue weighted by Crippen LogP contribution is -2.30. The lowest BCUT2D eigenvalue weighted by Gasteiger charge is -2.22. The van der Waals surface area contributed by atoms with Crippen LogP contribution in [0.2, 0.25) is 0 Å². The lowest BCUT2D eigenvalue weighted by atomic mass is 9.93. The molecule has 0 bridgehead atoms. The molecule has 1 aliphatic heterocycles. The lowest BCUT2D eigenvalue weighted by molar-refractivity contribution is 0.102. The Balaban J connectivity index is 1.34. The second-order valence-electron chi connectivity index (χ2n) is 10.6. The Hall–Kier alpha value is -4.15. The first-order valence-electron chi connectivity index (χ1n) is 13.3. The zero-order valence-electron chi connectivity index (χ0n) is 22.7. The van der Waals surface area contributed by atoms with Crippen molar-refractivity contribution in [1.29, 1.82) is 0 Å². The molecule has 4 N–H and O–H groups in total. The molecule has 1 fully saturated rings. The van der Waals surface area contributed by atoms with Gasteiger partial charge in [-0.3, -0.25) is 4.79 Å². The van der Waals surface area contributed by atoms with Gasteiger partial charge in [0.2, 0.25) is 0 Å². The Morgan fingerprint density at radius 1 is 1.05 bits per heavy atom. The zero-order valence-corrected chi connectivity index (χ0v) is 22.7. The molecule has 3 heterocycles. The van der Waals surface area contributed by atoms with Gasteiger partial charge in [-0.15, -0.1) is 5.10 Å². The van der Waals surface area contributed by atoms with Crippen molar-refractivity contribution in [3.63, 3.8) is 0 Å². The third kappa shape index (κ3) is 6.47. The number of benzene rings is 2. The summed E-state index contributed by atoms with van der Waals surface area (Å²) in [6.45, 7) is 9.97. The summed E-state index contributed by atoms with van der Waals surface area (Å²) in [6.07, 6.45) is 9.21. The number of likely N-dealkylation sites (tertiary alicyclic amines) is 1. The Morgan fingerprint density at radius 2 is 1.82 bits per heavy atom. The second-order valence-corrected chi connectivity index (χ2v) is 10.6. The number of amides is 1. The minimum Gasteiger partial charge on any atom is -0.384 e. The van der Waals surface area contributed by atoms with Gasteiger partial charge in [-0.2, -0.15) is 0 Å². The fourth-order valence-corrected chi connectivity index (χ4v) is 4.68. The van der Waals surface area contributed by atoms with Crippen LogP contribution < -0.4 is 16.4 Å². The van der Waals surface area contributed by atoms with Crippen LogP contribution in [0.25, 0.3) is 16.9 Å². The molecule has 0 spiro atoms. The van der Waals surface area contributed by atoms with Gasteiger partial charge in [0.25, 0.3) is 5.91 Å². The highest BCUT2D eigenvalue weighted by atomic mass is 16.1. The van der Waals surface area contributed by atoms with Gasteiger partial charge in [0.05, 0.1) is 11.9 Å². The van der Waals surface area contributed by atoms with Crippen LogP contribution >= 0.6 is 0 Å². The molecule has 0 aliphatic carbocycles. The first-order valence-corrected chi connectivity index (χ1v) is 13.3. The maximum absolute atomic E-state index is 13.4. The van der Waals surface area contributed by atoms with Crippen molar-refractivity contribution in [2.45, 2.75) is 39.2 Å². The number of carbonyl (C=O) groups is 1. The van der Waals surface area contributed by atoms with Crippen LogP contribution in [0.15, 0.2) is 61.3 Å². The van der Waals surface area contributed by atoms with E-state index in [-0.39, 0.29) is 5.91 Å². The van der Waals surface area contributed by atoms with Gasteiger partial charge in [-0.05, 0) is 88.2 Å². The van der Waals surface area contributed by atoms with E-state index in [1.807, 2.05) is 63.4 Å². The molecule has 202 valence electrons. The number of hydrogen-bond acceptors (Lipinski definition) is 8. The summed E-state index contributed by atoms with van der Waals surface area (Å²) in [4.78, 5) is 24.0. The van der Waals surface area contributed by atoms with Crippen LogP contribution in [-0.2, 0) is 5.54 Å². The van der Waals surface area contributed by atoms with E-state index in [0.717, 1.165) is 54.2 Å². The number of aryl methyl sites for hydroxylation is 1. The Morgan fingerprint density at radius 3 is 2.56 bits per heavy atom. The van der Waals surface area contributed by atoms with Gasteiger partial charge in [-0.1, -0.05) is 11.3 Å². The van der Waals surface area contributed by atoms with Crippen molar-refractivity contribution in [3.05, 3.63) is 78.0 Å². The average molecular weight is 526 g/mol. The summed E-state index contributed by atoms with van der Waals surface area (Å²) in [7, 11) is 0. The van der Waals surface area contributed by atoms with E-state index in [1.165, 1.54) is 19.2 Å². The highest BCUT2D eigenvalue weighted by Gasteiger charge is 2.19. The molecule has 1 aliphatic rings. The number of aromatic nitrogens is 5. The van der Waals surface area contributed by atoms with Crippen molar-refractivity contribution in [2.24, 2.45) is 5.73 Å². The van der Waals surface area contributed by atoms with E-state index < -0.39 is 5.54 Å². The molecule has 0 saturated carbocycles. The Labute approximate surface area is 228 Å². The van der Waals surface area contributed by atoms with Crippen LogP contribution in [0.3, 0.4) is 0 Å². The van der Waals surface area contributed by atoms with Crippen LogP contribution in [0.5, 0.6) is 0 Å². The van der Waals surface area contributed by atoms with Gasteiger partial charge >= 0.3 is 0 Å². The zero-order chi connectivity index (χ0) is 27.4. The number of carbonyl (C=O) groups excluding carboxylic acids is 1. The summed E-state index contributed by atoms with van der Waals surface area (Å²) in [5, 5.41) is 15.1. The Kier molecular flexibility index (Phi) is 7.67. The smallest absolute Gasteiger partial charge is 0.255 e. The normalized spacial score (nSPS) is 13.9. The first-order chi connectivity index (χ1) is 18.8. The third-order valence-electron chi connectivity index (χ3n) is 6.96. The van der Waals surface area contributed by atoms with Crippen LogP contribution in [0, 0.1) is 6.92 Å². The Bertz CT molecular complexity index is 1440. The molecule has 0 atom stereocenters. The molecule has 1 amide bonds. The van der Waals surface area contributed by atoms with Crippen LogP contribution in [0.4, 0.5) is 11.4 Å². The van der Waals surface area contributed by atoms with E-state index in [9.17, 15) is 4.79 Å². The van der Waals surface area contributed by atoms with Crippen molar-refractivity contribution < 1.29 is 4.79 Å². The predicted molar refractivity (Wildman–Crippen MR) is 153 cm³/mol. The van der Waals surface area contributed by atoms with E-state index in [0.29, 0.717) is 16.9 Å².